The van der Waals surface area contributed by atoms with Crippen LogP contribution >= 0.6 is 92.0 Å². The average Bonchev–Trinajstić information content (AvgIpc) is 3.02. The molecule has 2 unspecified atom stereocenters. The van der Waals surface area contributed by atoms with Gasteiger partial charge in [0.1, 0.15) is 0 Å². The summed E-state index contributed by atoms with van der Waals surface area (Å²) in [6, 6.07) is 0. The molecule has 1 aromatic carbocycles. The maximum Gasteiger partial charge on any atom is 0.386 e. The molecule has 0 spiro atoms. The SMILES string of the molecule is O=S1([O-])(C23CC4CC(CC(C4)C2)C3)[S+](Cl)C1(Cl)Sc1c(Cl)c(Cl)c(Cl)c(Cl)c1Cl. The normalized spacial score (nSPS) is 45.0. The summed E-state index contributed by atoms with van der Waals surface area (Å²) in [5.74, 6) is 1.30. The predicted molar refractivity (Wildman–Crippen MR) is 129 cm³/mol. The first-order chi connectivity index (χ1) is 13.3. The zero-order valence-electron chi connectivity index (χ0n) is 14.7. The zero-order valence-corrected chi connectivity index (χ0v) is 22.4. The van der Waals surface area contributed by atoms with Crippen LogP contribution in [-0.2, 0) is 17.5 Å². The van der Waals surface area contributed by atoms with E-state index < -0.39 is 25.1 Å². The molecular weight excluding hydrogens is 581 g/mol. The number of benzene rings is 1. The molecule has 4 bridgehead atoms. The Morgan fingerprint density at radius 3 is 1.66 bits per heavy atom. The van der Waals surface area contributed by atoms with Crippen LogP contribution in [-0.4, -0.2) is 16.4 Å². The van der Waals surface area contributed by atoms with Gasteiger partial charge in [-0.1, -0.05) is 66.4 Å². The third-order valence-electron chi connectivity index (χ3n) is 6.97. The maximum atomic E-state index is 14.4. The summed E-state index contributed by atoms with van der Waals surface area (Å²) in [6.45, 7) is 0. The smallest absolute Gasteiger partial charge is 0.386 e. The standard InChI is InChI=1S/C17H15Cl7O2S3/c18-10-11(19)13(21)15(14(22)12(10)20)27-17(23)28(24)29(17,25,26)16-4-7-1-8(5-16)3-9(2-7)6-16/h7-9H,1-6H2. The van der Waals surface area contributed by atoms with E-state index in [4.69, 9.17) is 80.3 Å². The molecule has 2 atom stereocenters. The van der Waals surface area contributed by atoms with Gasteiger partial charge in [0.15, 0.2) is 0 Å². The van der Waals surface area contributed by atoms with Gasteiger partial charge in [0.2, 0.25) is 10.7 Å². The van der Waals surface area contributed by atoms with Gasteiger partial charge >= 0.3 is 2.87 Å². The Morgan fingerprint density at radius 1 is 0.862 bits per heavy atom. The Kier molecular flexibility index (Phi) is 5.36. The van der Waals surface area contributed by atoms with Gasteiger partial charge in [-0.05, 0) is 79.6 Å². The molecule has 12 heteroatoms. The molecule has 1 heterocycles. The molecule has 0 N–H and O–H groups in total. The quantitative estimate of drug-likeness (QED) is 0.0879. The highest BCUT2D eigenvalue weighted by Gasteiger charge is 2.93. The molecule has 6 rings (SSSR count). The van der Waals surface area contributed by atoms with Gasteiger partial charge in [0, 0.05) is 0 Å². The molecule has 1 saturated heterocycles. The number of hydrogen-bond donors (Lipinski definition) is 0. The van der Waals surface area contributed by atoms with Crippen molar-refractivity contribution in [2.24, 2.45) is 17.8 Å². The summed E-state index contributed by atoms with van der Waals surface area (Å²) in [5.41, 5.74) is 0. The second-order valence-electron chi connectivity index (χ2n) is 8.61. The van der Waals surface area contributed by atoms with E-state index >= 15 is 0 Å². The minimum Gasteiger partial charge on any atom is -0.725 e. The largest absolute Gasteiger partial charge is 0.725 e. The predicted octanol–water partition coefficient (Wildman–Crippen LogP) is 8.52. The van der Waals surface area contributed by atoms with Crippen LogP contribution < -0.4 is 0 Å². The Bertz CT molecular complexity index is 953. The number of sulfone groups is 1. The second-order valence-corrected chi connectivity index (χ2v) is 22.2. The van der Waals surface area contributed by atoms with Crippen molar-refractivity contribution in [3.63, 3.8) is 0 Å². The van der Waals surface area contributed by atoms with Crippen LogP contribution in [0.4, 0.5) is 0 Å². The Labute approximate surface area is 210 Å². The number of alkyl halides is 1. The lowest BCUT2D eigenvalue weighted by Gasteiger charge is -2.62. The number of hydrogen-bond acceptors (Lipinski definition) is 3. The molecule has 5 fully saturated rings. The second kappa shape index (κ2) is 6.81. The monoisotopic (exact) mass is 592 g/mol. The van der Waals surface area contributed by atoms with Gasteiger partial charge < -0.3 is 4.55 Å². The molecule has 29 heavy (non-hydrogen) atoms. The van der Waals surface area contributed by atoms with E-state index in [9.17, 15) is 8.76 Å². The highest BCUT2D eigenvalue weighted by molar-refractivity contribution is 9.08. The number of rotatable bonds is 3. The molecule has 4 saturated carbocycles. The van der Waals surface area contributed by atoms with Crippen LogP contribution in [0.25, 0.3) is 0 Å². The molecular formula is C17H15Cl7O2S3. The Balaban J connectivity index is 1.59. The fraction of sp³-hybridized carbons (Fsp3) is 0.647. The van der Waals surface area contributed by atoms with Crippen molar-refractivity contribution in [1.29, 1.82) is 0 Å². The van der Waals surface area contributed by atoms with Crippen LogP contribution in [0.5, 0.6) is 0 Å². The minimum atomic E-state index is -4.70. The maximum absolute atomic E-state index is 14.4. The van der Waals surface area contributed by atoms with Crippen LogP contribution in [0.3, 0.4) is 0 Å². The average molecular weight is 596 g/mol. The van der Waals surface area contributed by atoms with Crippen molar-refractivity contribution in [2.45, 2.75) is 51.0 Å². The molecule has 0 amide bonds. The molecule has 162 valence electrons. The first-order valence-electron chi connectivity index (χ1n) is 9.04. The molecule has 5 aliphatic rings. The lowest BCUT2D eigenvalue weighted by molar-refractivity contribution is 0.0310. The van der Waals surface area contributed by atoms with E-state index in [1.54, 1.807) is 0 Å². The first kappa shape index (κ1) is 22.8. The van der Waals surface area contributed by atoms with E-state index in [1.165, 1.54) is 0 Å². The summed E-state index contributed by atoms with van der Waals surface area (Å²) < 4.78 is 26.2. The Morgan fingerprint density at radius 2 is 1.24 bits per heavy atom. The summed E-state index contributed by atoms with van der Waals surface area (Å²) in [4.78, 5) is 0.192. The molecule has 4 aliphatic carbocycles. The third kappa shape index (κ3) is 2.68. The van der Waals surface area contributed by atoms with Gasteiger partial charge in [0.25, 0.3) is 9.14 Å². The van der Waals surface area contributed by atoms with Crippen molar-refractivity contribution in [2.75, 3.05) is 0 Å². The van der Waals surface area contributed by atoms with Crippen LogP contribution in [0, 0.1) is 17.8 Å². The van der Waals surface area contributed by atoms with E-state index in [-0.39, 0.29) is 30.0 Å². The highest BCUT2D eigenvalue weighted by atomic mass is 35.8. The lowest BCUT2D eigenvalue weighted by Crippen LogP contribution is -2.60. The topological polar surface area (TPSA) is 40.1 Å². The summed E-state index contributed by atoms with van der Waals surface area (Å²) in [6.07, 6.45) is 5.26. The fourth-order valence-electron chi connectivity index (χ4n) is 6.02. The van der Waals surface area contributed by atoms with E-state index in [0.717, 1.165) is 31.0 Å². The number of thioether (sulfide) groups is 1. The zero-order chi connectivity index (χ0) is 21.2. The van der Waals surface area contributed by atoms with Gasteiger partial charge in [0.05, 0.1) is 34.8 Å². The van der Waals surface area contributed by atoms with Crippen LogP contribution in [0.15, 0.2) is 4.90 Å². The van der Waals surface area contributed by atoms with Crippen molar-refractivity contribution >= 4 is 110 Å². The molecule has 2 nitrogen and oxygen atoms in total. The van der Waals surface area contributed by atoms with Crippen molar-refractivity contribution in [3.05, 3.63) is 25.1 Å². The fourth-order valence-corrected chi connectivity index (χ4v) is 25.6. The summed E-state index contributed by atoms with van der Waals surface area (Å²) in [5, 5.41) is 0.0706. The minimum absolute atomic E-state index is 0.00450. The van der Waals surface area contributed by atoms with Crippen molar-refractivity contribution < 1.29 is 8.76 Å². The summed E-state index contributed by atoms with van der Waals surface area (Å²) in [7, 11) is 0.297. The van der Waals surface area contributed by atoms with E-state index in [1.807, 2.05) is 0 Å². The Hall–Kier alpha value is 2.06. The number of halogens is 7. The lowest BCUT2D eigenvalue weighted by atomic mass is 9.56. The third-order valence-corrected chi connectivity index (χ3v) is 27.0. The van der Waals surface area contributed by atoms with E-state index in [2.05, 4.69) is 0 Å². The van der Waals surface area contributed by atoms with Gasteiger partial charge in [-0.25, -0.2) is 0 Å². The molecule has 1 aliphatic heterocycles. The molecule has 1 aromatic rings. The first-order valence-corrected chi connectivity index (χ1v) is 16.6. The van der Waals surface area contributed by atoms with Gasteiger partial charge in [-0.2, -0.15) is 4.21 Å². The van der Waals surface area contributed by atoms with Crippen LogP contribution in [0.2, 0.25) is 25.1 Å². The van der Waals surface area contributed by atoms with E-state index in [0.29, 0.717) is 37.0 Å². The summed E-state index contributed by atoms with van der Waals surface area (Å²) >= 11 is 38.7. The van der Waals surface area contributed by atoms with Gasteiger partial charge in [-0.3, -0.25) is 0 Å². The van der Waals surface area contributed by atoms with Crippen molar-refractivity contribution in [3.8, 4) is 0 Å². The molecule has 0 aromatic heterocycles. The molecule has 0 radical (unpaired) electrons. The van der Waals surface area contributed by atoms with Gasteiger partial charge in [-0.15, -0.1) is 0 Å². The highest BCUT2D eigenvalue weighted by Crippen LogP contribution is 2.86. The van der Waals surface area contributed by atoms with Crippen LogP contribution in [0.1, 0.15) is 38.5 Å². The van der Waals surface area contributed by atoms with Crippen molar-refractivity contribution in [1.82, 2.24) is 0 Å².